The number of hydrogen-bond acceptors (Lipinski definition) is 8. The summed E-state index contributed by atoms with van der Waals surface area (Å²) in [5, 5.41) is 12.3. The number of fused-ring (bicyclic) bond motifs is 3. The van der Waals surface area contributed by atoms with Gasteiger partial charge >= 0.3 is 12.1 Å². The number of carbonyl (C=O) groups is 4. The van der Waals surface area contributed by atoms with Crippen molar-refractivity contribution in [3.8, 4) is 11.3 Å². The van der Waals surface area contributed by atoms with Gasteiger partial charge in [0.2, 0.25) is 5.91 Å². The minimum Gasteiger partial charge on any atom is -0.444 e. The van der Waals surface area contributed by atoms with E-state index in [1.807, 2.05) is 37.8 Å². The summed E-state index contributed by atoms with van der Waals surface area (Å²) in [6.07, 6.45) is 3.35. The van der Waals surface area contributed by atoms with Crippen molar-refractivity contribution in [1.29, 1.82) is 0 Å². The Hall–Kier alpha value is -3.97. The van der Waals surface area contributed by atoms with Gasteiger partial charge in [-0.1, -0.05) is 12.1 Å². The topological polar surface area (TPSA) is 149 Å². The van der Waals surface area contributed by atoms with Gasteiger partial charge in [0.15, 0.2) is 5.78 Å². The lowest BCUT2D eigenvalue weighted by Gasteiger charge is -2.31. The third kappa shape index (κ3) is 6.69. The van der Waals surface area contributed by atoms with Crippen molar-refractivity contribution in [2.75, 3.05) is 57.8 Å². The molecular formula is C32H43N7O6. The van der Waals surface area contributed by atoms with Crippen LogP contribution in [0, 0.1) is 5.92 Å². The van der Waals surface area contributed by atoms with Crippen LogP contribution in [0.15, 0.2) is 18.2 Å². The molecule has 13 heteroatoms. The van der Waals surface area contributed by atoms with Crippen LogP contribution in [0.5, 0.6) is 0 Å². The molecule has 0 unspecified atom stereocenters. The van der Waals surface area contributed by atoms with Crippen molar-refractivity contribution < 1.29 is 28.7 Å². The Kier molecular flexibility index (Phi) is 8.82. The minimum atomic E-state index is -0.557. The second-order valence-electron chi connectivity index (χ2n) is 13.3. The molecule has 4 amide bonds. The molecule has 3 heterocycles. The van der Waals surface area contributed by atoms with Crippen molar-refractivity contribution in [3.63, 3.8) is 0 Å². The summed E-state index contributed by atoms with van der Waals surface area (Å²) in [6.45, 7) is 10.00. The highest BCUT2D eigenvalue weighted by atomic mass is 16.6. The zero-order valence-electron chi connectivity index (χ0n) is 26.3. The maximum atomic E-state index is 13.8. The number of rotatable bonds is 4. The summed E-state index contributed by atoms with van der Waals surface area (Å²) in [4.78, 5) is 56.2. The summed E-state index contributed by atoms with van der Waals surface area (Å²) in [5.41, 5.74) is 5.85. The van der Waals surface area contributed by atoms with E-state index < -0.39 is 11.6 Å². The fourth-order valence-electron chi connectivity index (χ4n) is 6.80. The van der Waals surface area contributed by atoms with Gasteiger partial charge in [-0.3, -0.25) is 20.1 Å². The normalized spacial score (nSPS) is 22.3. The molecule has 2 aliphatic heterocycles. The molecule has 45 heavy (non-hydrogen) atoms. The molecule has 6 rings (SSSR count). The summed E-state index contributed by atoms with van der Waals surface area (Å²) in [5.74, 6) is -0.0115. The number of nitrogens with zero attached hydrogens (tertiary/aromatic N) is 4. The number of aromatic nitrogens is 2. The maximum Gasteiger partial charge on any atom is 0.410 e. The Bertz CT molecular complexity index is 1450. The number of hydrogen-bond donors (Lipinski definition) is 3. The van der Waals surface area contributed by atoms with Crippen LogP contribution >= 0.6 is 0 Å². The van der Waals surface area contributed by atoms with Crippen molar-refractivity contribution in [2.24, 2.45) is 5.92 Å². The standard InChI is InChI=1S/C32H43N7O6/c1-32(2,3)45-31(43)38-13-5-12-37(14-15-38)29(41)21-10-8-20(9-11-21)26-25-27(35-34-26)22-6-4-7-23(24(22)28(25)40)33-30(42)36-39-16-18-44-19-17-39/h4,6-7,20-21H,5,8-19H2,1-3H3,(H,34,35)(H2,33,36,42). The molecule has 0 bridgehead atoms. The van der Waals surface area contributed by atoms with E-state index in [9.17, 15) is 19.2 Å². The van der Waals surface area contributed by atoms with Gasteiger partial charge in [0.25, 0.3) is 0 Å². The van der Waals surface area contributed by atoms with Crippen LogP contribution in [0.2, 0.25) is 0 Å². The molecule has 3 fully saturated rings. The Balaban J connectivity index is 1.06. The lowest BCUT2D eigenvalue weighted by Crippen LogP contribution is -2.49. The molecule has 1 aromatic carbocycles. The number of H-pyrrole nitrogens is 1. The van der Waals surface area contributed by atoms with E-state index in [0.29, 0.717) is 80.6 Å². The number of carbonyl (C=O) groups excluding carboxylic acids is 4. The molecule has 0 spiro atoms. The molecule has 13 nitrogen and oxygen atoms in total. The number of hydrazine groups is 1. The predicted octanol–water partition coefficient (Wildman–Crippen LogP) is 3.73. The first-order chi connectivity index (χ1) is 21.6. The Morgan fingerprint density at radius 1 is 0.956 bits per heavy atom. The monoisotopic (exact) mass is 621 g/mol. The Labute approximate surface area is 262 Å². The second-order valence-corrected chi connectivity index (χ2v) is 13.3. The van der Waals surface area contributed by atoms with E-state index in [1.54, 1.807) is 16.0 Å². The number of benzene rings is 1. The summed E-state index contributed by atoms with van der Waals surface area (Å²) >= 11 is 0. The number of nitrogens with one attached hydrogen (secondary N) is 3. The first-order valence-corrected chi connectivity index (χ1v) is 16.0. The van der Waals surface area contributed by atoms with E-state index in [0.717, 1.165) is 37.8 Å². The fraction of sp³-hybridized carbons (Fsp3) is 0.594. The van der Waals surface area contributed by atoms with Gasteiger partial charge in [0, 0.05) is 56.7 Å². The molecule has 1 saturated carbocycles. The number of morpholine rings is 1. The number of ketones is 1. The molecule has 242 valence electrons. The smallest absolute Gasteiger partial charge is 0.410 e. The van der Waals surface area contributed by atoms with Gasteiger partial charge in [-0.25, -0.2) is 14.6 Å². The fourth-order valence-corrected chi connectivity index (χ4v) is 6.80. The van der Waals surface area contributed by atoms with Crippen molar-refractivity contribution in [1.82, 2.24) is 30.4 Å². The van der Waals surface area contributed by atoms with E-state index in [1.165, 1.54) is 0 Å². The van der Waals surface area contributed by atoms with Crippen LogP contribution in [0.4, 0.5) is 15.3 Å². The molecular weight excluding hydrogens is 578 g/mol. The highest BCUT2D eigenvalue weighted by Gasteiger charge is 2.39. The highest BCUT2D eigenvalue weighted by molar-refractivity contribution is 6.25. The van der Waals surface area contributed by atoms with Crippen molar-refractivity contribution >= 4 is 29.5 Å². The quantitative estimate of drug-likeness (QED) is 0.399. The van der Waals surface area contributed by atoms with Gasteiger partial charge in [0.1, 0.15) is 11.3 Å². The molecule has 3 N–H and O–H groups in total. The number of urea groups is 1. The zero-order chi connectivity index (χ0) is 31.7. The average Bonchev–Trinajstić information content (AvgIpc) is 3.45. The van der Waals surface area contributed by atoms with E-state index in [4.69, 9.17) is 9.47 Å². The van der Waals surface area contributed by atoms with E-state index in [-0.39, 0.29) is 29.6 Å². The molecule has 0 atom stereocenters. The molecule has 0 radical (unpaired) electrons. The zero-order valence-corrected chi connectivity index (χ0v) is 26.3. The van der Waals surface area contributed by atoms with Crippen LogP contribution in [0.3, 0.4) is 0 Å². The third-order valence-corrected chi connectivity index (χ3v) is 9.03. The first-order valence-electron chi connectivity index (χ1n) is 16.0. The van der Waals surface area contributed by atoms with E-state index >= 15 is 0 Å². The van der Waals surface area contributed by atoms with Gasteiger partial charge < -0.3 is 24.6 Å². The SMILES string of the molecule is CC(C)(C)OC(=O)N1CCCN(C(=O)C2CCC(c3[nH]nc4c3C(=O)c3c(NC(=O)NN5CCOCC5)cccc3-4)CC2)CC1. The van der Waals surface area contributed by atoms with Crippen LogP contribution < -0.4 is 10.7 Å². The average molecular weight is 622 g/mol. The highest BCUT2D eigenvalue weighted by Crippen LogP contribution is 2.45. The third-order valence-electron chi connectivity index (χ3n) is 9.03. The summed E-state index contributed by atoms with van der Waals surface area (Å²) in [6, 6.07) is 4.99. The number of anilines is 1. The molecule has 1 aromatic heterocycles. The van der Waals surface area contributed by atoms with Crippen LogP contribution in [0.25, 0.3) is 11.3 Å². The van der Waals surface area contributed by atoms with Crippen LogP contribution in [-0.4, -0.2) is 107 Å². The second kappa shape index (κ2) is 12.8. The first kappa shape index (κ1) is 31.0. The largest absolute Gasteiger partial charge is 0.444 e. The number of aromatic amines is 1. The predicted molar refractivity (Wildman–Crippen MR) is 166 cm³/mol. The van der Waals surface area contributed by atoms with Crippen molar-refractivity contribution in [2.45, 2.75) is 64.4 Å². The minimum absolute atomic E-state index is 0.0800. The maximum absolute atomic E-state index is 13.8. The Morgan fingerprint density at radius 2 is 1.67 bits per heavy atom. The van der Waals surface area contributed by atoms with Gasteiger partial charge in [-0.2, -0.15) is 5.10 Å². The molecule has 4 aliphatic rings. The van der Waals surface area contributed by atoms with Gasteiger partial charge in [-0.15, -0.1) is 0 Å². The Morgan fingerprint density at radius 3 is 2.40 bits per heavy atom. The van der Waals surface area contributed by atoms with Crippen molar-refractivity contribution in [3.05, 3.63) is 35.0 Å². The van der Waals surface area contributed by atoms with E-state index in [2.05, 4.69) is 20.9 Å². The lowest BCUT2D eigenvalue weighted by atomic mass is 9.78. The molecule has 2 saturated heterocycles. The lowest BCUT2D eigenvalue weighted by molar-refractivity contribution is -0.136. The molecule has 2 aromatic rings. The van der Waals surface area contributed by atoms with Crippen LogP contribution in [0.1, 0.15) is 80.4 Å². The summed E-state index contributed by atoms with van der Waals surface area (Å²) in [7, 11) is 0. The van der Waals surface area contributed by atoms with Gasteiger partial charge in [-0.05, 0) is 58.9 Å². The summed E-state index contributed by atoms with van der Waals surface area (Å²) < 4.78 is 10.9. The number of ether oxygens (including phenoxy) is 2. The van der Waals surface area contributed by atoms with Gasteiger partial charge in [0.05, 0.1) is 35.7 Å². The van der Waals surface area contributed by atoms with Crippen LogP contribution in [-0.2, 0) is 14.3 Å². The number of amides is 4. The molecule has 2 aliphatic carbocycles.